The molecule has 0 radical (unpaired) electrons. The second kappa shape index (κ2) is 9.79. The number of hydrogen-bond donors (Lipinski definition) is 2. The van der Waals surface area contributed by atoms with Crippen LogP contribution >= 0.6 is 0 Å². The summed E-state index contributed by atoms with van der Waals surface area (Å²) in [6.07, 6.45) is 3.50. The van der Waals surface area contributed by atoms with E-state index in [1.807, 2.05) is 66.7 Å². The fourth-order valence-electron chi connectivity index (χ4n) is 3.73. The Balaban J connectivity index is 0.000000192. The fraction of sp³-hybridized carbons (Fsp3) is 0.250. The molecule has 3 N–H and O–H groups in total. The van der Waals surface area contributed by atoms with Gasteiger partial charge in [-0.1, -0.05) is 54.6 Å². The molecule has 5 rings (SSSR count). The van der Waals surface area contributed by atoms with Crippen molar-refractivity contribution < 1.29 is 9.53 Å². The van der Waals surface area contributed by atoms with E-state index in [0.717, 1.165) is 42.4 Å². The minimum absolute atomic E-state index is 0.0754. The van der Waals surface area contributed by atoms with Gasteiger partial charge >= 0.3 is 6.09 Å². The van der Waals surface area contributed by atoms with Gasteiger partial charge in [-0.05, 0) is 66.6 Å². The summed E-state index contributed by atoms with van der Waals surface area (Å²) >= 11 is 0. The van der Waals surface area contributed by atoms with Crippen LogP contribution in [-0.4, -0.2) is 6.09 Å². The van der Waals surface area contributed by atoms with Gasteiger partial charge in [-0.25, -0.2) is 4.79 Å². The van der Waals surface area contributed by atoms with Gasteiger partial charge in [0, 0.05) is 5.54 Å². The Morgan fingerprint density at radius 2 is 1.35 bits per heavy atom. The molecule has 2 saturated carbocycles. The number of nitrogens with two attached hydrogens (primary N) is 1. The lowest BCUT2D eigenvalue weighted by Gasteiger charge is -2.18. The zero-order valence-corrected chi connectivity index (χ0v) is 18.8. The number of hydrogen-bond acceptors (Lipinski definition) is 5. The third kappa shape index (κ3) is 5.61. The summed E-state index contributed by atoms with van der Waals surface area (Å²) in [5, 5.41) is 20.3. The van der Waals surface area contributed by atoms with Crippen LogP contribution in [-0.2, 0) is 22.4 Å². The van der Waals surface area contributed by atoms with Crippen molar-refractivity contribution >= 4 is 6.09 Å². The minimum Gasteiger partial charge on any atom is -0.445 e. The molecule has 2 aliphatic rings. The van der Waals surface area contributed by atoms with Gasteiger partial charge in [-0.2, -0.15) is 10.5 Å². The third-order valence-electron chi connectivity index (χ3n) is 6.25. The van der Waals surface area contributed by atoms with Crippen LogP contribution in [0.3, 0.4) is 0 Å². The van der Waals surface area contributed by atoms with Crippen LogP contribution < -0.4 is 11.1 Å². The molecule has 0 unspecified atom stereocenters. The number of nitriles is 2. The molecule has 6 nitrogen and oxygen atoms in total. The van der Waals surface area contributed by atoms with Gasteiger partial charge in [0.15, 0.2) is 0 Å². The normalized spacial score (nSPS) is 16.0. The van der Waals surface area contributed by atoms with Crippen molar-refractivity contribution in [3.8, 4) is 12.1 Å². The quantitative estimate of drug-likeness (QED) is 0.569. The maximum atomic E-state index is 12.0. The first-order chi connectivity index (χ1) is 16.5. The van der Waals surface area contributed by atoms with Crippen molar-refractivity contribution in [3.05, 3.63) is 107 Å². The highest BCUT2D eigenvalue weighted by Crippen LogP contribution is 2.45. The fourth-order valence-corrected chi connectivity index (χ4v) is 3.73. The zero-order valence-electron chi connectivity index (χ0n) is 18.8. The lowest BCUT2D eigenvalue weighted by molar-refractivity contribution is 0.134. The van der Waals surface area contributed by atoms with Gasteiger partial charge in [-0.3, -0.25) is 0 Å². The Hall–Kier alpha value is -4.13. The Morgan fingerprint density at radius 3 is 1.82 bits per heavy atom. The number of nitrogens with one attached hydrogen (secondary N) is 1. The lowest BCUT2D eigenvalue weighted by atomic mass is 10.0. The van der Waals surface area contributed by atoms with Crippen LogP contribution in [0, 0.1) is 22.7 Å². The number of ether oxygens (including phenoxy) is 1. The molecule has 2 aliphatic carbocycles. The molecular formula is C28H26N4O2. The number of rotatable bonds is 5. The predicted molar refractivity (Wildman–Crippen MR) is 128 cm³/mol. The van der Waals surface area contributed by atoms with E-state index in [-0.39, 0.29) is 17.7 Å². The van der Waals surface area contributed by atoms with Crippen molar-refractivity contribution in [3.63, 3.8) is 0 Å². The standard InChI is InChI=1S/C18H16N2O2.C10H10N2/c19-12-14-6-8-16(9-7-14)18(10-11-18)20-17(21)22-13-15-4-2-1-3-5-15;11-7-8-1-3-9(4-2-8)10(12)5-6-10/h1-9H,10-11,13H2,(H,20,21);1-4H,5-6,12H2. The van der Waals surface area contributed by atoms with Crippen molar-refractivity contribution in [1.29, 1.82) is 10.5 Å². The molecule has 34 heavy (non-hydrogen) atoms. The van der Waals surface area contributed by atoms with Gasteiger partial charge in [0.1, 0.15) is 6.61 Å². The molecule has 6 heteroatoms. The van der Waals surface area contributed by atoms with E-state index in [2.05, 4.69) is 17.5 Å². The number of nitrogens with zero attached hydrogens (tertiary/aromatic N) is 2. The van der Waals surface area contributed by atoms with E-state index in [1.165, 1.54) is 0 Å². The highest BCUT2D eigenvalue weighted by Gasteiger charge is 2.46. The molecule has 0 aliphatic heterocycles. The van der Waals surface area contributed by atoms with Crippen LogP contribution in [0.4, 0.5) is 4.79 Å². The SMILES string of the molecule is N#Cc1ccc(C2(N)CC2)cc1.N#Cc1ccc(C2(NC(=O)OCc3ccccc3)CC2)cc1. The largest absolute Gasteiger partial charge is 0.445 e. The molecule has 0 aromatic heterocycles. The summed E-state index contributed by atoms with van der Waals surface area (Å²) in [5.74, 6) is 0. The predicted octanol–water partition coefficient (Wildman–Crippen LogP) is 4.98. The van der Waals surface area contributed by atoms with Crippen molar-refractivity contribution in [1.82, 2.24) is 5.32 Å². The summed E-state index contributed by atoms with van der Waals surface area (Å²) in [7, 11) is 0. The highest BCUT2D eigenvalue weighted by molar-refractivity contribution is 5.69. The van der Waals surface area contributed by atoms with Gasteiger partial charge in [0.2, 0.25) is 0 Å². The average Bonchev–Trinajstić information content (AvgIpc) is 3.82. The first kappa shape index (κ1) is 23.0. The van der Waals surface area contributed by atoms with Gasteiger partial charge < -0.3 is 15.8 Å². The molecule has 0 atom stereocenters. The lowest BCUT2D eigenvalue weighted by Crippen LogP contribution is -2.35. The maximum absolute atomic E-state index is 12.0. The summed E-state index contributed by atoms with van der Waals surface area (Å²) in [5.41, 5.74) is 10.0. The van der Waals surface area contributed by atoms with Crippen LogP contribution in [0.15, 0.2) is 78.9 Å². The summed E-state index contributed by atoms with van der Waals surface area (Å²) < 4.78 is 5.27. The molecular weight excluding hydrogens is 424 g/mol. The number of alkyl carbamates (subject to hydrolysis) is 1. The number of amides is 1. The third-order valence-corrected chi connectivity index (χ3v) is 6.25. The van der Waals surface area contributed by atoms with Crippen LogP contribution in [0.5, 0.6) is 0 Å². The van der Waals surface area contributed by atoms with Crippen LogP contribution in [0.2, 0.25) is 0 Å². The molecule has 0 spiro atoms. The molecule has 3 aromatic rings. The van der Waals surface area contributed by atoms with Crippen molar-refractivity contribution in [2.75, 3.05) is 0 Å². The summed E-state index contributed by atoms with van der Waals surface area (Å²) in [6.45, 7) is 0.260. The van der Waals surface area contributed by atoms with Crippen molar-refractivity contribution in [2.45, 2.75) is 43.4 Å². The number of benzene rings is 3. The number of carbonyl (C=O) groups is 1. The first-order valence-electron chi connectivity index (χ1n) is 11.3. The highest BCUT2D eigenvalue weighted by atomic mass is 16.5. The van der Waals surface area contributed by atoms with E-state index in [4.69, 9.17) is 21.0 Å². The Kier molecular flexibility index (Phi) is 6.63. The number of carbonyl (C=O) groups excluding carboxylic acids is 1. The molecule has 3 aromatic carbocycles. The molecule has 1 amide bonds. The monoisotopic (exact) mass is 450 g/mol. The maximum Gasteiger partial charge on any atom is 0.408 e. The van der Waals surface area contributed by atoms with Crippen LogP contribution in [0.1, 0.15) is 53.5 Å². The van der Waals surface area contributed by atoms with Gasteiger partial charge in [0.05, 0.1) is 28.8 Å². The van der Waals surface area contributed by atoms with E-state index in [0.29, 0.717) is 11.1 Å². The summed E-state index contributed by atoms with van der Waals surface area (Å²) in [6, 6.07) is 28.6. The molecule has 170 valence electrons. The summed E-state index contributed by atoms with van der Waals surface area (Å²) in [4.78, 5) is 12.0. The Bertz CT molecular complexity index is 1210. The van der Waals surface area contributed by atoms with E-state index >= 15 is 0 Å². The van der Waals surface area contributed by atoms with E-state index in [1.54, 1.807) is 12.1 Å². The van der Waals surface area contributed by atoms with E-state index < -0.39 is 6.09 Å². The molecule has 0 bridgehead atoms. The average molecular weight is 451 g/mol. The molecule has 0 saturated heterocycles. The minimum atomic E-state index is -0.411. The topological polar surface area (TPSA) is 112 Å². The van der Waals surface area contributed by atoms with Gasteiger partial charge in [0.25, 0.3) is 0 Å². The van der Waals surface area contributed by atoms with Crippen molar-refractivity contribution in [2.24, 2.45) is 5.73 Å². The first-order valence-corrected chi connectivity index (χ1v) is 11.3. The van der Waals surface area contributed by atoms with E-state index in [9.17, 15) is 4.79 Å². The Labute approximate surface area is 199 Å². The van der Waals surface area contributed by atoms with Crippen LogP contribution in [0.25, 0.3) is 0 Å². The molecule has 0 heterocycles. The second-order valence-corrected chi connectivity index (χ2v) is 8.80. The zero-order chi connectivity index (χ0) is 24.0. The smallest absolute Gasteiger partial charge is 0.408 e. The molecule has 2 fully saturated rings. The second-order valence-electron chi connectivity index (χ2n) is 8.80. The van der Waals surface area contributed by atoms with Gasteiger partial charge in [-0.15, -0.1) is 0 Å². The Morgan fingerprint density at radius 1 is 0.824 bits per heavy atom.